The number of benzene rings is 1. The molecule has 0 saturated carbocycles. The van der Waals surface area contributed by atoms with Gasteiger partial charge in [0.05, 0.1) is 11.2 Å². The molecule has 3 nitrogen and oxygen atoms in total. The molecule has 0 saturated heterocycles. The second-order valence-corrected chi connectivity index (χ2v) is 3.45. The molecule has 0 unspecified atom stereocenters. The highest BCUT2D eigenvalue weighted by Gasteiger charge is 2.11. The zero-order chi connectivity index (χ0) is 10.3. The maximum absolute atomic E-state index is 8.92. The van der Waals surface area contributed by atoms with Crippen LogP contribution in [0.5, 0.6) is 0 Å². The largest absolute Gasteiger partial charge is 0.396 e. The van der Waals surface area contributed by atoms with E-state index < -0.39 is 0 Å². The minimum Gasteiger partial charge on any atom is -0.396 e. The Morgan fingerprint density at radius 2 is 2.14 bits per heavy atom. The van der Waals surface area contributed by atoms with Crippen LogP contribution in [0.1, 0.15) is 11.3 Å². The number of nitrogen functional groups attached to an aromatic ring is 1. The Morgan fingerprint density at radius 1 is 1.43 bits per heavy atom. The van der Waals surface area contributed by atoms with Gasteiger partial charge in [0.1, 0.15) is 11.8 Å². The third kappa shape index (κ3) is 0.975. The number of nitriles is 1. The van der Waals surface area contributed by atoms with Crippen LogP contribution >= 0.6 is 0 Å². The van der Waals surface area contributed by atoms with E-state index in [-0.39, 0.29) is 0 Å². The molecule has 0 amide bonds. The molecule has 3 heteroatoms. The van der Waals surface area contributed by atoms with E-state index in [1.165, 1.54) is 0 Å². The number of aromatic nitrogens is 1. The predicted octanol–water partition coefficient (Wildman–Crippen LogP) is 1.94. The number of nitrogens with two attached hydrogens (primary N) is 1. The molecule has 70 valence electrons. The molecule has 0 aliphatic carbocycles. The molecule has 0 atom stereocenters. The van der Waals surface area contributed by atoms with Crippen molar-refractivity contribution in [3.8, 4) is 6.07 Å². The first-order chi connectivity index (χ1) is 6.65. The summed E-state index contributed by atoms with van der Waals surface area (Å²) in [4.78, 5) is 0. The Labute approximate surface area is 82.4 Å². The molecule has 0 bridgehead atoms. The number of aryl methyl sites for hydroxylation is 2. The summed E-state index contributed by atoms with van der Waals surface area (Å²) in [5, 5.41) is 9.88. The normalized spacial score (nSPS) is 10.4. The molecule has 2 aromatic rings. The first-order valence-electron chi connectivity index (χ1n) is 4.39. The molecule has 0 radical (unpaired) electrons. The van der Waals surface area contributed by atoms with Crippen LogP contribution in [0.4, 0.5) is 5.69 Å². The van der Waals surface area contributed by atoms with E-state index in [1.807, 2.05) is 36.7 Å². The monoisotopic (exact) mass is 185 g/mol. The lowest BCUT2D eigenvalue weighted by molar-refractivity contribution is 0.948. The number of hydrogen-bond acceptors (Lipinski definition) is 2. The van der Waals surface area contributed by atoms with Crippen molar-refractivity contribution in [2.75, 3.05) is 5.73 Å². The Kier molecular flexibility index (Phi) is 1.71. The van der Waals surface area contributed by atoms with Crippen LogP contribution in [0.2, 0.25) is 0 Å². The number of nitrogens with zero attached hydrogens (tertiary/aromatic N) is 2. The zero-order valence-corrected chi connectivity index (χ0v) is 8.20. The van der Waals surface area contributed by atoms with Crippen molar-refractivity contribution >= 4 is 16.6 Å². The summed E-state index contributed by atoms with van der Waals surface area (Å²) in [7, 11) is 1.85. The second kappa shape index (κ2) is 2.78. The molecule has 0 aliphatic heterocycles. The van der Waals surface area contributed by atoms with Gasteiger partial charge in [-0.3, -0.25) is 0 Å². The van der Waals surface area contributed by atoms with Crippen molar-refractivity contribution in [2.45, 2.75) is 6.92 Å². The molecule has 0 fully saturated rings. The van der Waals surface area contributed by atoms with Gasteiger partial charge in [-0.25, -0.2) is 0 Å². The molecule has 0 spiro atoms. The van der Waals surface area contributed by atoms with Crippen LogP contribution in [0.3, 0.4) is 0 Å². The van der Waals surface area contributed by atoms with E-state index >= 15 is 0 Å². The lowest BCUT2D eigenvalue weighted by Gasteiger charge is -1.96. The van der Waals surface area contributed by atoms with Gasteiger partial charge in [-0.15, -0.1) is 0 Å². The van der Waals surface area contributed by atoms with Gasteiger partial charge in [-0.2, -0.15) is 5.26 Å². The molecule has 2 rings (SSSR count). The topological polar surface area (TPSA) is 54.7 Å². The number of fused-ring (bicyclic) bond motifs is 1. The standard InChI is InChI=1S/C11H11N3/c1-7-3-4-9-8(5-7)11(13)10(6-12)14(9)2/h3-5H,13H2,1-2H3. The van der Waals surface area contributed by atoms with E-state index in [9.17, 15) is 0 Å². The Morgan fingerprint density at radius 3 is 2.79 bits per heavy atom. The number of rotatable bonds is 0. The summed E-state index contributed by atoms with van der Waals surface area (Å²) in [5.41, 5.74) is 9.14. The fourth-order valence-electron chi connectivity index (χ4n) is 1.72. The summed E-state index contributed by atoms with van der Waals surface area (Å²) in [6, 6.07) is 8.12. The third-order valence-electron chi connectivity index (χ3n) is 2.50. The minimum atomic E-state index is 0.533. The molecule has 14 heavy (non-hydrogen) atoms. The van der Waals surface area contributed by atoms with Gasteiger partial charge in [0, 0.05) is 12.4 Å². The van der Waals surface area contributed by atoms with Crippen molar-refractivity contribution in [3.63, 3.8) is 0 Å². The Bertz CT molecular complexity index is 544. The molecule has 2 N–H and O–H groups in total. The molecular weight excluding hydrogens is 174 g/mol. The minimum absolute atomic E-state index is 0.533. The summed E-state index contributed by atoms with van der Waals surface area (Å²) in [6.45, 7) is 2.01. The van der Waals surface area contributed by atoms with Crippen LogP contribution in [0, 0.1) is 18.3 Å². The van der Waals surface area contributed by atoms with Crippen LogP contribution in [0.15, 0.2) is 18.2 Å². The smallest absolute Gasteiger partial charge is 0.144 e. The van der Waals surface area contributed by atoms with Gasteiger partial charge < -0.3 is 10.3 Å². The molecule has 1 aromatic heterocycles. The van der Waals surface area contributed by atoms with E-state index in [1.54, 1.807) is 0 Å². The highest BCUT2D eigenvalue weighted by Crippen LogP contribution is 2.27. The molecule has 1 aromatic carbocycles. The first kappa shape index (κ1) is 8.64. The average Bonchev–Trinajstić information content (AvgIpc) is 2.39. The van der Waals surface area contributed by atoms with Gasteiger partial charge >= 0.3 is 0 Å². The van der Waals surface area contributed by atoms with Crippen molar-refractivity contribution in [3.05, 3.63) is 29.5 Å². The Hall–Kier alpha value is -1.95. The van der Waals surface area contributed by atoms with Gasteiger partial charge in [0.25, 0.3) is 0 Å². The Balaban J connectivity index is 2.96. The molecule has 0 aliphatic rings. The maximum atomic E-state index is 8.92. The summed E-state index contributed by atoms with van der Waals surface area (Å²) < 4.78 is 1.82. The third-order valence-corrected chi connectivity index (χ3v) is 2.50. The zero-order valence-electron chi connectivity index (χ0n) is 8.20. The van der Waals surface area contributed by atoms with E-state index in [0.717, 1.165) is 16.5 Å². The van der Waals surface area contributed by atoms with Crippen LogP contribution < -0.4 is 5.73 Å². The van der Waals surface area contributed by atoms with Gasteiger partial charge in [-0.05, 0) is 19.1 Å². The van der Waals surface area contributed by atoms with Gasteiger partial charge in [0.15, 0.2) is 0 Å². The van der Waals surface area contributed by atoms with Crippen molar-refractivity contribution < 1.29 is 0 Å². The van der Waals surface area contributed by atoms with Crippen molar-refractivity contribution in [1.29, 1.82) is 5.26 Å². The van der Waals surface area contributed by atoms with E-state index in [0.29, 0.717) is 11.4 Å². The molecule has 1 heterocycles. The summed E-state index contributed by atoms with van der Waals surface area (Å²) >= 11 is 0. The average molecular weight is 185 g/mol. The molecular formula is C11H11N3. The maximum Gasteiger partial charge on any atom is 0.144 e. The summed E-state index contributed by atoms with van der Waals surface area (Å²) in [6.07, 6.45) is 0. The SMILES string of the molecule is Cc1ccc2c(c1)c(N)c(C#N)n2C. The second-order valence-electron chi connectivity index (χ2n) is 3.45. The lowest BCUT2D eigenvalue weighted by Crippen LogP contribution is -1.93. The van der Waals surface area contributed by atoms with Crippen LogP contribution in [-0.4, -0.2) is 4.57 Å². The highest BCUT2D eigenvalue weighted by molar-refractivity contribution is 5.95. The van der Waals surface area contributed by atoms with Crippen LogP contribution in [-0.2, 0) is 7.05 Å². The number of hydrogen-bond donors (Lipinski definition) is 1. The number of anilines is 1. The van der Waals surface area contributed by atoms with Crippen molar-refractivity contribution in [1.82, 2.24) is 4.57 Å². The fourth-order valence-corrected chi connectivity index (χ4v) is 1.72. The fraction of sp³-hybridized carbons (Fsp3) is 0.182. The van der Waals surface area contributed by atoms with Crippen LogP contribution in [0.25, 0.3) is 10.9 Å². The van der Waals surface area contributed by atoms with E-state index in [2.05, 4.69) is 6.07 Å². The van der Waals surface area contributed by atoms with Gasteiger partial charge in [0.2, 0.25) is 0 Å². The highest BCUT2D eigenvalue weighted by atomic mass is 15.0. The first-order valence-corrected chi connectivity index (χ1v) is 4.39. The van der Waals surface area contributed by atoms with E-state index in [4.69, 9.17) is 11.0 Å². The van der Waals surface area contributed by atoms with Crippen molar-refractivity contribution in [2.24, 2.45) is 7.05 Å². The lowest BCUT2D eigenvalue weighted by atomic mass is 10.1. The van der Waals surface area contributed by atoms with Gasteiger partial charge in [-0.1, -0.05) is 11.6 Å². The summed E-state index contributed by atoms with van der Waals surface area (Å²) in [5.74, 6) is 0. The quantitative estimate of drug-likeness (QED) is 0.681. The predicted molar refractivity (Wildman–Crippen MR) is 56.8 cm³/mol.